The number of hydrogen-bond acceptors (Lipinski definition) is 7. The summed E-state index contributed by atoms with van der Waals surface area (Å²) in [6.07, 6.45) is 0.0912. The van der Waals surface area contributed by atoms with Gasteiger partial charge in [0.1, 0.15) is 5.75 Å². The van der Waals surface area contributed by atoms with E-state index in [2.05, 4.69) is 59.5 Å². The number of halogens is 1. The molecule has 4 aliphatic heterocycles. The van der Waals surface area contributed by atoms with Crippen LogP contribution in [0, 0.1) is 5.92 Å². The first kappa shape index (κ1) is 38.5. The molecule has 3 amide bonds. The molecule has 0 aromatic heterocycles. The number of ether oxygens (including phenoxy) is 2. The molecule has 0 aliphatic carbocycles. The lowest BCUT2D eigenvalue weighted by Gasteiger charge is -2.39. The zero-order chi connectivity index (χ0) is 39.4. The number of nitrogens with one attached hydrogen (secondary N) is 1. The normalized spacial score (nSPS) is 24.8. The van der Waals surface area contributed by atoms with Gasteiger partial charge in [0.05, 0.1) is 59.1 Å². The number of fused-ring (bicyclic) bond motifs is 3. The molecule has 4 aromatic carbocycles. The van der Waals surface area contributed by atoms with E-state index in [9.17, 15) is 14.7 Å². The molecule has 10 nitrogen and oxygen atoms in total. The molecule has 56 heavy (non-hydrogen) atoms. The Hall–Kier alpha value is -4.33. The highest BCUT2D eigenvalue weighted by Crippen LogP contribution is 2.60. The third-order valence-corrected chi connectivity index (χ3v) is 17.6. The quantitative estimate of drug-likeness (QED) is 0.215. The van der Waals surface area contributed by atoms with Crippen molar-refractivity contribution in [1.29, 1.82) is 0 Å². The lowest BCUT2D eigenvalue weighted by Crippen LogP contribution is -2.52. The molecule has 0 bridgehead atoms. The first-order chi connectivity index (χ1) is 27.0. The van der Waals surface area contributed by atoms with Crippen molar-refractivity contribution in [2.75, 3.05) is 43.2 Å². The summed E-state index contributed by atoms with van der Waals surface area (Å²) in [5.74, 6) is 0.246. The van der Waals surface area contributed by atoms with Gasteiger partial charge in [-0.1, -0.05) is 89.7 Å². The summed E-state index contributed by atoms with van der Waals surface area (Å²) in [5.41, 5.74) is 4.02. The van der Waals surface area contributed by atoms with E-state index in [1.165, 1.54) is 5.19 Å². The van der Waals surface area contributed by atoms with Gasteiger partial charge in [-0.25, -0.2) is 0 Å². The van der Waals surface area contributed by atoms with Gasteiger partial charge < -0.3 is 34.6 Å². The van der Waals surface area contributed by atoms with Gasteiger partial charge in [0.2, 0.25) is 11.8 Å². The summed E-state index contributed by atoms with van der Waals surface area (Å²) in [6, 6.07) is 29.7. The Balaban J connectivity index is 1.18. The van der Waals surface area contributed by atoms with Gasteiger partial charge in [-0.3, -0.25) is 14.4 Å². The van der Waals surface area contributed by atoms with Crippen LogP contribution in [0.1, 0.15) is 35.6 Å². The maximum Gasteiger partial charge on any atom is 0.264 e. The minimum absolute atomic E-state index is 0.0160. The maximum absolute atomic E-state index is 15.4. The molecule has 4 heterocycles. The van der Waals surface area contributed by atoms with Gasteiger partial charge in [0.25, 0.3) is 5.91 Å². The lowest BCUT2D eigenvalue weighted by atomic mass is 9.82. The number of piperazine rings is 1. The fourth-order valence-corrected chi connectivity index (χ4v) is 14.2. The Morgan fingerprint density at radius 1 is 1.02 bits per heavy atom. The average molecular weight is 838 g/mol. The molecular weight excluding hydrogens is 788 g/mol. The molecule has 0 unspecified atom stereocenters. The van der Waals surface area contributed by atoms with E-state index in [-0.39, 0.29) is 48.3 Å². The van der Waals surface area contributed by atoms with E-state index in [4.69, 9.17) is 9.47 Å². The van der Waals surface area contributed by atoms with Gasteiger partial charge in [0, 0.05) is 41.3 Å². The summed E-state index contributed by atoms with van der Waals surface area (Å²) in [5, 5.41) is 14.8. The van der Waals surface area contributed by atoms with Crippen molar-refractivity contribution >= 4 is 58.3 Å². The molecule has 5 atom stereocenters. The van der Waals surface area contributed by atoms with Crippen LogP contribution < -0.4 is 25.0 Å². The van der Waals surface area contributed by atoms with Gasteiger partial charge in [0.15, 0.2) is 5.60 Å². The summed E-state index contributed by atoms with van der Waals surface area (Å²) >= 11 is 3.71. The number of amides is 3. The molecule has 0 saturated carbocycles. The number of carbonyl (C=O) groups is 3. The highest BCUT2D eigenvalue weighted by molar-refractivity contribution is 9.10. The topological polar surface area (TPSA) is 112 Å². The Labute approximate surface area is 337 Å². The standard InChI is InChI=1S/C44H49BrN4O6Si/c1-28-42(56(3,4)36-15-13-35(54-2)14-16-36)39(23-40(51)48-26-31-10-6-5-9-30(31)21-34(48)27-50)55-44(28)37-22-32(45)12-17-38(37)49(43(44)53)25-29-8-7-11-33(20-29)47-19-18-46-24-41(47)52/h5-17,20,22,28,34,39,42,46,50H,18-19,21,23-27H2,1-4H3/t28-,34+,39+,42-,44+/m1/s1. The minimum atomic E-state index is -2.52. The van der Waals surface area contributed by atoms with E-state index >= 15 is 4.79 Å². The van der Waals surface area contributed by atoms with Gasteiger partial charge >= 0.3 is 0 Å². The van der Waals surface area contributed by atoms with Crippen LogP contribution in [0.2, 0.25) is 18.6 Å². The van der Waals surface area contributed by atoms with E-state index in [0.29, 0.717) is 39.1 Å². The second-order valence-corrected chi connectivity index (χ2v) is 21.7. The Kier molecular flexibility index (Phi) is 10.5. The molecule has 0 radical (unpaired) electrons. The Morgan fingerprint density at radius 3 is 2.52 bits per heavy atom. The summed E-state index contributed by atoms with van der Waals surface area (Å²) in [4.78, 5) is 48.2. The predicted octanol–water partition coefficient (Wildman–Crippen LogP) is 5.49. The van der Waals surface area contributed by atoms with Gasteiger partial charge in [-0.05, 0) is 71.1 Å². The number of hydrogen-bond donors (Lipinski definition) is 2. The molecule has 2 saturated heterocycles. The summed E-state index contributed by atoms with van der Waals surface area (Å²) in [7, 11) is -0.865. The van der Waals surface area contributed by atoms with Crippen LogP contribution in [-0.2, 0) is 44.2 Å². The smallest absolute Gasteiger partial charge is 0.264 e. The molecule has 1 spiro atoms. The number of nitrogens with zero attached hydrogens (tertiary/aromatic N) is 3. The Bertz CT molecular complexity index is 2170. The van der Waals surface area contributed by atoms with Gasteiger partial charge in [-0.2, -0.15) is 0 Å². The second kappa shape index (κ2) is 15.2. The third-order valence-electron chi connectivity index (χ3n) is 12.7. The molecule has 4 aromatic rings. The number of methoxy groups -OCH3 is 1. The highest BCUT2D eigenvalue weighted by Gasteiger charge is 2.66. The number of aliphatic hydroxyl groups excluding tert-OH is 1. The van der Waals surface area contributed by atoms with Crippen LogP contribution in [0.3, 0.4) is 0 Å². The van der Waals surface area contributed by atoms with E-state index in [0.717, 1.165) is 43.9 Å². The van der Waals surface area contributed by atoms with Gasteiger partial charge in [-0.15, -0.1) is 0 Å². The number of benzene rings is 4. The van der Waals surface area contributed by atoms with Crippen molar-refractivity contribution in [1.82, 2.24) is 10.2 Å². The van der Waals surface area contributed by atoms with Crippen LogP contribution in [-0.4, -0.2) is 81.3 Å². The third kappa shape index (κ3) is 6.58. The monoisotopic (exact) mass is 836 g/mol. The van der Waals surface area contributed by atoms with Crippen molar-refractivity contribution in [3.8, 4) is 5.75 Å². The predicted molar refractivity (Wildman–Crippen MR) is 223 cm³/mol. The Morgan fingerprint density at radius 2 is 1.79 bits per heavy atom. The number of aliphatic hydroxyl groups is 1. The van der Waals surface area contributed by atoms with Crippen LogP contribution in [0.15, 0.2) is 95.5 Å². The maximum atomic E-state index is 15.4. The van der Waals surface area contributed by atoms with Crippen molar-refractivity contribution in [3.63, 3.8) is 0 Å². The van der Waals surface area contributed by atoms with Crippen LogP contribution in [0.4, 0.5) is 11.4 Å². The molecule has 8 rings (SSSR count). The highest BCUT2D eigenvalue weighted by atomic mass is 79.9. The van der Waals surface area contributed by atoms with Crippen molar-refractivity contribution in [3.05, 3.63) is 118 Å². The van der Waals surface area contributed by atoms with Crippen molar-refractivity contribution in [2.24, 2.45) is 5.92 Å². The fraction of sp³-hybridized carbons (Fsp3) is 0.386. The van der Waals surface area contributed by atoms with Crippen LogP contribution >= 0.6 is 15.9 Å². The average Bonchev–Trinajstić information content (AvgIpc) is 3.63. The van der Waals surface area contributed by atoms with Crippen molar-refractivity contribution < 1.29 is 29.0 Å². The summed E-state index contributed by atoms with van der Waals surface area (Å²) in [6.45, 7) is 8.90. The first-order valence-electron chi connectivity index (χ1n) is 19.5. The molecule has 4 aliphatic rings. The minimum Gasteiger partial charge on any atom is -0.497 e. The SMILES string of the molecule is COc1ccc([Si](C)(C)[C@H]2[C@H](CC(=O)N3Cc4ccccc4C[C@H]3CO)O[C@@]3(C(=O)N(Cc4cccc(N5CCNCC5=O)c4)c4ccc(Br)cc43)[C@@H]2C)cc1. The molecule has 2 fully saturated rings. The van der Waals surface area contributed by atoms with Crippen LogP contribution in [0.5, 0.6) is 5.75 Å². The summed E-state index contributed by atoms with van der Waals surface area (Å²) < 4.78 is 13.7. The molecule has 292 valence electrons. The fourth-order valence-electron chi connectivity index (χ4n) is 9.86. The molecule has 2 N–H and O–H groups in total. The lowest BCUT2D eigenvalue weighted by molar-refractivity contribution is -0.151. The largest absolute Gasteiger partial charge is 0.497 e. The molecular formula is C44H49BrN4O6Si. The second-order valence-electron chi connectivity index (χ2n) is 16.1. The van der Waals surface area contributed by atoms with Crippen LogP contribution in [0.25, 0.3) is 0 Å². The van der Waals surface area contributed by atoms with E-state index in [1.807, 2.05) is 82.6 Å². The first-order valence-corrected chi connectivity index (χ1v) is 23.3. The van der Waals surface area contributed by atoms with E-state index < -0.39 is 19.8 Å². The van der Waals surface area contributed by atoms with Crippen molar-refractivity contribution in [2.45, 2.75) is 69.2 Å². The number of anilines is 2. The molecule has 12 heteroatoms. The zero-order valence-electron chi connectivity index (χ0n) is 32.3. The number of rotatable bonds is 9. The van der Waals surface area contributed by atoms with E-state index in [1.54, 1.807) is 12.0 Å². The number of carbonyl (C=O) groups excluding carboxylic acids is 3. The zero-order valence-corrected chi connectivity index (χ0v) is 34.9.